The summed E-state index contributed by atoms with van der Waals surface area (Å²) in [5, 5.41) is 0. The Bertz CT molecular complexity index is 341. The Morgan fingerprint density at radius 2 is 1.85 bits per heavy atom. The number of amides is 2. The highest BCUT2D eigenvalue weighted by Gasteiger charge is 2.08. The molecule has 1 rings (SSSR count). The van der Waals surface area contributed by atoms with Crippen LogP contribution in [-0.4, -0.2) is 16.8 Å². The molecule has 0 fully saturated rings. The zero-order valence-corrected chi connectivity index (χ0v) is 7.07. The van der Waals surface area contributed by atoms with Gasteiger partial charge in [0.15, 0.2) is 0 Å². The lowest BCUT2D eigenvalue weighted by Gasteiger charge is -2.00. The third-order valence-electron chi connectivity index (χ3n) is 1.49. The Morgan fingerprint density at radius 1 is 1.23 bits per heavy atom. The summed E-state index contributed by atoms with van der Waals surface area (Å²) in [4.78, 5) is 25.3. The molecule has 0 spiro atoms. The van der Waals surface area contributed by atoms with Gasteiger partial charge in [-0.05, 0) is 19.1 Å². The molecule has 0 aliphatic rings. The normalized spacial score (nSPS) is 9.62. The molecular formula is C8H9N3O2. The molecule has 13 heavy (non-hydrogen) atoms. The Hall–Kier alpha value is -1.91. The molecule has 1 aromatic heterocycles. The summed E-state index contributed by atoms with van der Waals surface area (Å²) in [6.07, 6.45) is 0. The number of primary amides is 2. The first-order valence-corrected chi connectivity index (χ1v) is 3.59. The second-order valence-electron chi connectivity index (χ2n) is 2.61. The van der Waals surface area contributed by atoms with E-state index in [4.69, 9.17) is 11.5 Å². The van der Waals surface area contributed by atoms with E-state index < -0.39 is 11.8 Å². The quantitative estimate of drug-likeness (QED) is 0.645. The minimum absolute atomic E-state index is 0.0498. The molecule has 4 N–H and O–H groups in total. The van der Waals surface area contributed by atoms with Gasteiger partial charge in [-0.15, -0.1) is 0 Å². The molecule has 0 atom stereocenters. The van der Waals surface area contributed by atoms with Crippen molar-refractivity contribution < 1.29 is 9.59 Å². The number of aromatic nitrogens is 1. The van der Waals surface area contributed by atoms with Crippen LogP contribution in [-0.2, 0) is 0 Å². The average Bonchev–Trinajstić information content (AvgIpc) is 2.03. The van der Waals surface area contributed by atoms with Crippen LogP contribution in [0, 0.1) is 6.92 Å². The Balaban J connectivity index is 3.26. The van der Waals surface area contributed by atoms with Crippen LogP contribution in [0.3, 0.4) is 0 Å². The fourth-order valence-corrected chi connectivity index (χ4v) is 0.937. The van der Waals surface area contributed by atoms with Gasteiger partial charge < -0.3 is 11.5 Å². The number of pyridine rings is 1. The molecular weight excluding hydrogens is 170 g/mol. The molecule has 0 saturated carbocycles. The molecule has 1 heterocycles. The number of carbonyl (C=O) groups excluding carboxylic acids is 2. The van der Waals surface area contributed by atoms with Crippen LogP contribution in [0.4, 0.5) is 0 Å². The lowest BCUT2D eigenvalue weighted by Crippen LogP contribution is -2.17. The van der Waals surface area contributed by atoms with Gasteiger partial charge in [0.2, 0.25) is 5.91 Å². The number of nitrogens with zero attached hydrogens (tertiary/aromatic N) is 1. The summed E-state index contributed by atoms with van der Waals surface area (Å²) in [6.45, 7) is 1.65. The van der Waals surface area contributed by atoms with Crippen molar-refractivity contribution in [1.82, 2.24) is 4.98 Å². The molecule has 0 aliphatic heterocycles. The van der Waals surface area contributed by atoms with Crippen molar-refractivity contribution in [2.75, 3.05) is 0 Å². The topological polar surface area (TPSA) is 99.1 Å². The van der Waals surface area contributed by atoms with Crippen LogP contribution >= 0.6 is 0 Å². The molecule has 0 aromatic carbocycles. The fourth-order valence-electron chi connectivity index (χ4n) is 0.937. The van der Waals surface area contributed by atoms with Gasteiger partial charge in [-0.1, -0.05) is 0 Å². The first-order valence-electron chi connectivity index (χ1n) is 3.59. The van der Waals surface area contributed by atoms with E-state index in [2.05, 4.69) is 4.98 Å². The van der Waals surface area contributed by atoms with Crippen molar-refractivity contribution in [3.8, 4) is 0 Å². The second-order valence-corrected chi connectivity index (χ2v) is 2.61. The van der Waals surface area contributed by atoms with Crippen LogP contribution in [0.1, 0.15) is 26.5 Å². The number of hydrogen-bond acceptors (Lipinski definition) is 3. The number of rotatable bonds is 2. The molecule has 2 amide bonds. The van der Waals surface area contributed by atoms with Crippen molar-refractivity contribution in [3.63, 3.8) is 0 Å². The Kier molecular flexibility index (Phi) is 2.27. The van der Waals surface area contributed by atoms with E-state index in [9.17, 15) is 9.59 Å². The summed E-state index contributed by atoms with van der Waals surface area (Å²) in [5.41, 5.74) is 10.9. The van der Waals surface area contributed by atoms with E-state index in [1.807, 2.05) is 0 Å². The first-order chi connectivity index (χ1) is 6.00. The highest BCUT2D eigenvalue weighted by atomic mass is 16.1. The lowest BCUT2D eigenvalue weighted by molar-refractivity contribution is 0.0995. The Labute approximate surface area is 74.7 Å². The third-order valence-corrected chi connectivity index (χ3v) is 1.49. The monoisotopic (exact) mass is 179 g/mol. The van der Waals surface area contributed by atoms with Crippen molar-refractivity contribution in [2.24, 2.45) is 11.5 Å². The number of hydrogen-bond donors (Lipinski definition) is 2. The largest absolute Gasteiger partial charge is 0.366 e. The van der Waals surface area contributed by atoms with Gasteiger partial charge in [-0.2, -0.15) is 0 Å². The molecule has 0 unspecified atom stereocenters. The minimum Gasteiger partial charge on any atom is -0.366 e. The molecule has 5 heteroatoms. The van der Waals surface area contributed by atoms with Crippen LogP contribution in [0.25, 0.3) is 0 Å². The maximum atomic E-state index is 10.8. The maximum absolute atomic E-state index is 10.8. The van der Waals surface area contributed by atoms with E-state index in [1.165, 1.54) is 12.1 Å². The van der Waals surface area contributed by atoms with Gasteiger partial charge in [0, 0.05) is 11.3 Å². The summed E-state index contributed by atoms with van der Waals surface area (Å²) < 4.78 is 0. The number of nitrogens with two attached hydrogens (primary N) is 2. The molecule has 0 saturated heterocycles. The van der Waals surface area contributed by atoms with Gasteiger partial charge in [0.1, 0.15) is 5.69 Å². The third kappa shape index (κ3) is 2.02. The fraction of sp³-hybridized carbons (Fsp3) is 0.125. The van der Waals surface area contributed by atoms with Crippen molar-refractivity contribution in [1.29, 1.82) is 0 Å². The maximum Gasteiger partial charge on any atom is 0.267 e. The highest BCUT2D eigenvalue weighted by Crippen LogP contribution is 2.04. The van der Waals surface area contributed by atoms with E-state index >= 15 is 0 Å². The summed E-state index contributed by atoms with van der Waals surface area (Å²) in [7, 11) is 0. The SMILES string of the molecule is Cc1cc(C(N)=O)cc(C(N)=O)n1. The Morgan fingerprint density at radius 3 is 2.31 bits per heavy atom. The van der Waals surface area contributed by atoms with E-state index in [0.717, 1.165) is 0 Å². The zero-order chi connectivity index (χ0) is 10.0. The standard InChI is InChI=1S/C8H9N3O2/c1-4-2-5(7(9)12)3-6(11-4)8(10)13/h2-3H,1H3,(H2,9,12)(H2,10,13). The predicted octanol–water partition coefficient (Wildman–Crippen LogP) is -0.412. The van der Waals surface area contributed by atoms with Gasteiger partial charge in [-0.25, -0.2) is 4.98 Å². The van der Waals surface area contributed by atoms with Crippen molar-refractivity contribution >= 4 is 11.8 Å². The smallest absolute Gasteiger partial charge is 0.267 e. The van der Waals surface area contributed by atoms with E-state index in [-0.39, 0.29) is 11.3 Å². The molecule has 0 bridgehead atoms. The van der Waals surface area contributed by atoms with E-state index in [1.54, 1.807) is 6.92 Å². The van der Waals surface area contributed by atoms with E-state index in [0.29, 0.717) is 5.69 Å². The highest BCUT2D eigenvalue weighted by molar-refractivity contribution is 5.97. The summed E-state index contributed by atoms with van der Waals surface area (Å²) >= 11 is 0. The van der Waals surface area contributed by atoms with Crippen LogP contribution < -0.4 is 11.5 Å². The van der Waals surface area contributed by atoms with Gasteiger partial charge in [-0.3, -0.25) is 9.59 Å². The van der Waals surface area contributed by atoms with Crippen LogP contribution in [0.5, 0.6) is 0 Å². The predicted molar refractivity (Wildman–Crippen MR) is 46.0 cm³/mol. The van der Waals surface area contributed by atoms with Gasteiger partial charge in [0.25, 0.3) is 5.91 Å². The zero-order valence-electron chi connectivity index (χ0n) is 7.07. The summed E-state index contributed by atoms with van der Waals surface area (Å²) in [5.74, 6) is -1.28. The number of carbonyl (C=O) groups is 2. The lowest BCUT2D eigenvalue weighted by atomic mass is 10.2. The molecule has 68 valence electrons. The van der Waals surface area contributed by atoms with Crippen molar-refractivity contribution in [3.05, 3.63) is 29.1 Å². The minimum atomic E-state index is -0.675. The summed E-state index contributed by atoms with van der Waals surface area (Å²) in [6, 6.07) is 2.77. The first kappa shape index (κ1) is 9.18. The van der Waals surface area contributed by atoms with Gasteiger partial charge in [0.05, 0.1) is 0 Å². The molecule has 0 radical (unpaired) electrons. The van der Waals surface area contributed by atoms with Crippen molar-refractivity contribution in [2.45, 2.75) is 6.92 Å². The molecule has 1 aromatic rings. The van der Waals surface area contributed by atoms with Crippen LogP contribution in [0.2, 0.25) is 0 Å². The average molecular weight is 179 g/mol. The number of aryl methyl sites for hydroxylation is 1. The van der Waals surface area contributed by atoms with Gasteiger partial charge >= 0.3 is 0 Å². The molecule has 5 nitrogen and oxygen atoms in total. The van der Waals surface area contributed by atoms with Crippen LogP contribution in [0.15, 0.2) is 12.1 Å². The molecule has 0 aliphatic carbocycles. The second kappa shape index (κ2) is 3.22.